The van der Waals surface area contributed by atoms with Crippen LogP contribution in [0, 0.1) is 0 Å². The summed E-state index contributed by atoms with van der Waals surface area (Å²) in [5.74, 6) is 0. The Bertz CT molecular complexity index is 202. The minimum absolute atomic E-state index is 0.270. The van der Waals surface area contributed by atoms with Crippen molar-refractivity contribution in [1.82, 2.24) is 9.97 Å². The maximum atomic E-state index is 5.55. The second-order valence-electron chi connectivity index (χ2n) is 2.86. The summed E-state index contributed by atoms with van der Waals surface area (Å²) in [6.07, 6.45) is 7.41. The van der Waals surface area contributed by atoms with Crippen molar-refractivity contribution in [3.63, 3.8) is 0 Å². The van der Waals surface area contributed by atoms with E-state index in [0.717, 1.165) is 18.7 Å². The Labute approximate surface area is 65.8 Å². The highest BCUT2D eigenvalue weighted by molar-refractivity contribution is 4.99. The molecule has 1 atom stereocenters. The molecule has 0 amide bonds. The summed E-state index contributed by atoms with van der Waals surface area (Å²) in [7, 11) is 0. The van der Waals surface area contributed by atoms with Gasteiger partial charge in [0.05, 0.1) is 24.3 Å². The van der Waals surface area contributed by atoms with Gasteiger partial charge < -0.3 is 9.72 Å². The van der Waals surface area contributed by atoms with E-state index in [2.05, 4.69) is 9.97 Å². The molecule has 0 bridgehead atoms. The third-order valence-corrected chi connectivity index (χ3v) is 2.05. The number of imidazole rings is 1. The highest BCUT2D eigenvalue weighted by Gasteiger charge is 2.16. The lowest BCUT2D eigenvalue weighted by molar-refractivity contribution is 0.0126. The van der Waals surface area contributed by atoms with Gasteiger partial charge in [0.15, 0.2) is 0 Å². The Balaban J connectivity index is 2.04. The number of nitrogens with one attached hydrogen (secondary N) is 1. The molecule has 0 aliphatic carbocycles. The van der Waals surface area contributed by atoms with Gasteiger partial charge in [-0.3, -0.25) is 0 Å². The van der Waals surface area contributed by atoms with Gasteiger partial charge in [0.2, 0.25) is 0 Å². The Morgan fingerprint density at radius 1 is 1.55 bits per heavy atom. The molecule has 3 heteroatoms. The average molecular weight is 152 g/mol. The van der Waals surface area contributed by atoms with Crippen LogP contribution in [0.5, 0.6) is 0 Å². The molecule has 1 aromatic rings. The van der Waals surface area contributed by atoms with Gasteiger partial charge in [-0.1, -0.05) is 0 Å². The predicted molar refractivity (Wildman–Crippen MR) is 41.1 cm³/mol. The Hall–Kier alpha value is -0.830. The SMILES string of the molecule is c1ncc(C2CCCCO2)[nH]1. The summed E-state index contributed by atoms with van der Waals surface area (Å²) in [5, 5.41) is 0. The Kier molecular flexibility index (Phi) is 1.90. The summed E-state index contributed by atoms with van der Waals surface area (Å²) in [4.78, 5) is 7.03. The molecule has 1 N–H and O–H groups in total. The van der Waals surface area contributed by atoms with E-state index in [1.165, 1.54) is 12.8 Å². The minimum Gasteiger partial charge on any atom is -0.372 e. The van der Waals surface area contributed by atoms with Gasteiger partial charge in [-0.2, -0.15) is 0 Å². The number of ether oxygens (including phenoxy) is 1. The lowest BCUT2D eigenvalue weighted by Crippen LogP contribution is -2.11. The third kappa shape index (κ3) is 1.43. The van der Waals surface area contributed by atoms with E-state index in [-0.39, 0.29) is 6.10 Å². The van der Waals surface area contributed by atoms with E-state index in [4.69, 9.17) is 4.74 Å². The van der Waals surface area contributed by atoms with Crippen LogP contribution in [0.25, 0.3) is 0 Å². The van der Waals surface area contributed by atoms with E-state index in [1.54, 1.807) is 6.33 Å². The van der Waals surface area contributed by atoms with Gasteiger partial charge >= 0.3 is 0 Å². The molecule has 1 aliphatic rings. The number of hydrogen-bond acceptors (Lipinski definition) is 2. The van der Waals surface area contributed by atoms with E-state index in [1.807, 2.05) is 6.20 Å². The molecule has 1 aliphatic heterocycles. The van der Waals surface area contributed by atoms with Gasteiger partial charge in [0, 0.05) is 6.61 Å². The molecule has 3 nitrogen and oxygen atoms in total. The molecule has 0 saturated carbocycles. The molecule has 11 heavy (non-hydrogen) atoms. The molecular formula is C8H12N2O. The molecule has 1 fully saturated rings. The summed E-state index contributed by atoms with van der Waals surface area (Å²) >= 11 is 0. The van der Waals surface area contributed by atoms with Crippen LogP contribution < -0.4 is 0 Å². The van der Waals surface area contributed by atoms with E-state index < -0.39 is 0 Å². The van der Waals surface area contributed by atoms with Crippen molar-refractivity contribution >= 4 is 0 Å². The molecule has 1 unspecified atom stereocenters. The molecule has 2 heterocycles. The van der Waals surface area contributed by atoms with Crippen molar-refractivity contribution in [1.29, 1.82) is 0 Å². The number of nitrogens with zero attached hydrogens (tertiary/aromatic N) is 1. The maximum Gasteiger partial charge on any atom is 0.0988 e. The normalized spacial score (nSPS) is 25.3. The molecule has 1 saturated heterocycles. The fourth-order valence-electron chi connectivity index (χ4n) is 1.43. The Morgan fingerprint density at radius 3 is 3.18 bits per heavy atom. The van der Waals surface area contributed by atoms with Crippen LogP contribution in [0.15, 0.2) is 12.5 Å². The first-order valence-corrected chi connectivity index (χ1v) is 4.07. The molecular weight excluding hydrogens is 140 g/mol. The minimum atomic E-state index is 0.270. The number of rotatable bonds is 1. The highest BCUT2D eigenvalue weighted by Crippen LogP contribution is 2.25. The fourth-order valence-corrected chi connectivity index (χ4v) is 1.43. The standard InChI is InChI=1S/C8H12N2O/c1-2-4-11-8(3-1)7-5-9-6-10-7/h5-6,8H,1-4H2,(H,9,10). The molecule has 0 spiro atoms. The zero-order valence-electron chi connectivity index (χ0n) is 6.42. The monoisotopic (exact) mass is 152 g/mol. The highest BCUT2D eigenvalue weighted by atomic mass is 16.5. The number of H-pyrrole nitrogens is 1. The first-order chi connectivity index (χ1) is 5.47. The topological polar surface area (TPSA) is 37.9 Å². The average Bonchev–Trinajstić information content (AvgIpc) is 2.58. The molecule has 60 valence electrons. The van der Waals surface area contributed by atoms with E-state index in [9.17, 15) is 0 Å². The first-order valence-electron chi connectivity index (χ1n) is 4.07. The van der Waals surface area contributed by atoms with Crippen molar-refractivity contribution in [2.24, 2.45) is 0 Å². The quantitative estimate of drug-likeness (QED) is 0.664. The second kappa shape index (κ2) is 3.05. The summed E-state index contributed by atoms with van der Waals surface area (Å²) < 4.78 is 5.55. The lowest BCUT2D eigenvalue weighted by atomic mass is 10.1. The van der Waals surface area contributed by atoms with Gasteiger partial charge in [0.1, 0.15) is 0 Å². The summed E-state index contributed by atoms with van der Waals surface area (Å²) in [5.41, 5.74) is 1.12. The zero-order valence-corrected chi connectivity index (χ0v) is 6.42. The van der Waals surface area contributed by atoms with Crippen LogP contribution in [0.2, 0.25) is 0 Å². The lowest BCUT2D eigenvalue weighted by Gasteiger charge is -2.20. The van der Waals surface area contributed by atoms with Crippen molar-refractivity contribution in [2.75, 3.05) is 6.61 Å². The molecule has 1 aromatic heterocycles. The first kappa shape index (κ1) is 6.85. The van der Waals surface area contributed by atoms with Crippen molar-refractivity contribution in [3.8, 4) is 0 Å². The maximum absolute atomic E-state index is 5.55. The zero-order chi connectivity index (χ0) is 7.52. The van der Waals surface area contributed by atoms with Gasteiger partial charge in [-0.05, 0) is 19.3 Å². The predicted octanol–water partition coefficient (Wildman–Crippen LogP) is 1.65. The van der Waals surface area contributed by atoms with Gasteiger partial charge in [0.25, 0.3) is 0 Å². The van der Waals surface area contributed by atoms with Crippen LogP contribution in [0.4, 0.5) is 0 Å². The van der Waals surface area contributed by atoms with Gasteiger partial charge in [-0.25, -0.2) is 4.98 Å². The number of aromatic nitrogens is 2. The smallest absolute Gasteiger partial charge is 0.0988 e. The summed E-state index contributed by atoms with van der Waals surface area (Å²) in [6.45, 7) is 0.893. The van der Waals surface area contributed by atoms with E-state index >= 15 is 0 Å². The molecule has 2 rings (SSSR count). The summed E-state index contributed by atoms with van der Waals surface area (Å²) in [6, 6.07) is 0. The van der Waals surface area contributed by atoms with Crippen LogP contribution >= 0.6 is 0 Å². The molecule has 0 radical (unpaired) electrons. The van der Waals surface area contributed by atoms with Gasteiger partial charge in [-0.15, -0.1) is 0 Å². The largest absolute Gasteiger partial charge is 0.372 e. The molecule has 0 aromatic carbocycles. The van der Waals surface area contributed by atoms with E-state index in [0.29, 0.717) is 0 Å². The fraction of sp³-hybridized carbons (Fsp3) is 0.625. The van der Waals surface area contributed by atoms with Crippen LogP contribution in [-0.4, -0.2) is 16.6 Å². The van der Waals surface area contributed by atoms with Crippen molar-refractivity contribution in [2.45, 2.75) is 25.4 Å². The van der Waals surface area contributed by atoms with Crippen LogP contribution in [0.1, 0.15) is 31.1 Å². The van der Waals surface area contributed by atoms with Crippen LogP contribution in [0.3, 0.4) is 0 Å². The second-order valence-corrected chi connectivity index (χ2v) is 2.86. The Morgan fingerprint density at radius 2 is 2.55 bits per heavy atom. The van der Waals surface area contributed by atoms with Crippen molar-refractivity contribution in [3.05, 3.63) is 18.2 Å². The number of aromatic amines is 1. The third-order valence-electron chi connectivity index (χ3n) is 2.05. The number of hydrogen-bond donors (Lipinski definition) is 1. The van der Waals surface area contributed by atoms with Crippen molar-refractivity contribution < 1.29 is 4.74 Å². The van der Waals surface area contributed by atoms with Crippen LogP contribution in [-0.2, 0) is 4.74 Å².